The van der Waals surface area contributed by atoms with Gasteiger partial charge in [-0.1, -0.05) is 0 Å². The second kappa shape index (κ2) is 9.41. The lowest BCUT2D eigenvalue weighted by molar-refractivity contribution is -0.106. The van der Waals surface area contributed by atoms with Crippen molar-refractivity contribution in [3.63, 3.8) is 0 Å². The number of nitrogens with zero attached hydrogens (tertiary/aromatic N) is 5. The minimum Gasteiger partial charge on any atom is -0.477 e. The van der Waals surface area contributed by atoms with Crippen molar-refractivity contribution in [1.29, 1.82) is 0 Å². The van der Waals surface area contributed by atoms with E-state index in [9.17, 15) is 17.6 Å². The van der Waals surface area contributed by atoms with Gasteiger partial charge in [-0.2, -0.15) is 13.9 Å². The quantitative estimate of drug-likeness (QED) is 0.333. The lowest BCUT2D eigenvalue weighted by Crippen LogP contribution is -2.15. The van der Waals surface area contributed by atoms with E-state index < -0.39 is 18.7 Å². The van der Waals surface area contributed by atoms with Crippen molar-refractivity contribution in [1.82, 2.24) is 29.5 Å². The highest BCUT2D eigenvalue weighted by atomic mass is 19.3. The molecule has 34 heavy (non-hydrogen) atoms. The number of nitrogens with two attached hydrogens (primary N) is 1. The lowest BCUT2D eigenvalue weighted by Gasteiger charge is -2.16. The number of hydrogen-bond acceptors (Lipinski definition) is 6. The normalized spacial score (nSPS) is 12.9. The standard InChI is InChI=1S/C19H16F4N6O2.CH3NO/c1-28-8-10(17(27-28)31-19(22)23)11-9-4-2-5-24-16(9)25-13(11)12-14(15(20)21)26-29-6-3-7-30-18(12)29;2-1-3/h2,4-5,8,15,19H,3,6-7H2,1H3,(H,24,25);1H,(H2,2,3). The summed E-state index contributed by atoms with van der Waals surface area (Å²) >= 11 is 0. The second-order valence-electron chi connectivity index (χ2n) is 7.10. The molecular weight excluding hydrogens is 462 g/mol. The number of nitrogens with one attached hydrogen (secondary N) is 1. The molecule has 3 N–H and O–H groups in total. The van der Waals surface area contributed by atoms with Crippen LogP contribution in [0.2, 0.25) is 0 Å². The van der Waals surface area contributed by atoms with Crippen LogP contribution < -0.4 is 15.2 Å². The van der Waals surface area contributed by atoms with Crippen molar-refractivity contribution < 1.29 is 31.8 Å². The van der Waals surface area contributed by atoms with Crippen LogP contribution in [-0.2, 0) is 18.4 Å². The molecule has 1 aliphatic rings. The molecule has 4 aromatic rings. The van der Waals surface area contributed by atoms with Crippen LogP contribution in [0.25, 0.3) is 33.4 Å². The highest BCUT2D eigenvalue weighted by Gasteiger charge is 2.33. The topological polar surface area (TPSA) is 126 Å². The fraction of sp³-hybridized carbons (Fsp3) is 0.300. The van der Waals surface area contributed by atoms with Crippen LogP contribution in [0.15, 0.2) is 24.5 Å². The number of hydrogen-bond donors (Lipinski definition) is 2. The number of carbonyl (C=O) groups is 1. The van der Waals surface area contributed by atoms with E-state index in [2.05, 4.69) is 30.6 Å². The number of aromatic amines is 1. The number of aromatic nitrogens is 6. The highest BCUT2D eigenvalue weighted by Crippen LogP contribution is 2.47. The van der Waals surface area contributed by atoms with Crippen molar-refractivity contribution >= 4 is 17.4 Å². The van der Waals surface area contributed by atoms with Gasteiger partial charge in [0.2, 0.25) is 18.2 Å². The summed E-state index contributed by atoms with van der Waals surface area (Å²) in [6, 6.07) is 3.36. The first-order chi connectivity index (χ1) is 16.3. The molecule has 1 amide bonds. The molecule has 0 spiro atoms. The zero-order valence-corrected chi connectivity index (χ0v) is 17.7. The number of primary amides is 1. The van der Waals surface area contributed by atoms with E-state index in [0.717, 1.165) is 0 Å². The minimum atomic E-state index is -3.11. The first-order valence-electron chi connectivity index (χ1n) is 9.98. The van der Waals surface area contributed by atoms with E-state index in [1.165, 1.54) is 21.8 Å². The first kappa shape index (κ1) is 23.1. The van der Waals surface area contributed by atoms with Crippen LogP contribution in [0, 0.1) is 0 Å². The molecule has 0 bridgehead atoms. The van der Waals surface area contributed by atoms with E-state index >= 15 is 0 Å². The molecule has 5 heterocycles. The Morgan fingerprint density at radius 2 is 2.03 bits per heavy atom. The Morgan fingerprint density at radius 3 is 2.74 bits per heavy atom. The molecule has 5 rings (SSSR count). The Balaban J connectivity index is 0.000000868. The maximum absolute atomic E-state index is 13.9. The Morgan fingerprint density at radius 1 is 1.26 bits per heavy atom. The van der Waals surface area contributed by atoms with Crippen molar-refractivity contribution in [3.05, 3.63) is 30.2 Å². The first-order valence-corrected chi connectivity index (χ1v) is 9.98. The van der Waals surface area contributed by atoms with Gasteiger partial charge >= 0.3 is 6.61 Å². The molecule has 4 aromatic heterocycles. The number of rotatable bonds is 5. The van der Waals surface area contributed by atoms with Crippen molar-refractivity contribution in [2.75, 3.05) is 6.61 Å². The fourth-order valence-electron chi connectivity index (χ4n) is 3.83. The van der Waals surface area contributed by atoms with Crippen LogP contribution in [0.4, 0.5) is 17.6 Å². The van der Waals surface area contributed by atoms with Crippen LogP contribution in [0.3, 0.4) is 0 Å². The van der Waals surface area contributed by atoms with Gasteiger partial charge in [0.1, 0.15) is 11.3 Å². The molecule has 0 saturated heterocycles. The summed E-state index contributed by atoms with van der Waals surface area (Å²) in [6.45, 7) is -2.33. The third kappa shape index (κ3) is 4.13. The van der Waals surface area contributed by atoms with Gasteiger partial charge in [0, 0.05) is 43.4 Å². The highest BCUT2D eigenvalue weighted by molar-refractivity contribution is 6.04. The summed E-state index contributed by atoms with van der Waals surface area (Å²) in [5.74, 6) is -0.140. The van der Waals surface area contributed by atoms with Gasteiger partial charge in [0.15, 0.2) is 0 Å². The monoisotopic (exact) mass is 481 g/mol. The van der Waals surface area contributed by atoms with Gasteiger partial charge in [-0.3, -0.25) is 9.48 Å². The average Bonchev–Trinajstić information content (AvgIpc) is 3.46. The van der Waals surface area contributed by atoms with Crippen LogP contribution >= 0.6 is 0 Å². The molecule has 0 aliphatic carbocycles. The second-order valence-corrected chi connectivity index (χ2v) is 7.10. The molecule has 0 radical (unpaired) electrons. The number of ether oxygens (including phenoxy) is 2. The van der Waals surface area contributed by atoms with E-state index in [0.29, 0.717) is 36.2 Å². The predicted molar refractivity (Wildman–Crippen MR) is 111 cm³/mol. The van der Waals surface area contributed by atoms with Crippen molar-refractivity contribution in [2.45, 2.75) is 26.0 Å². The van der Waals surface area contributed by atoms with Gasteiger partial charge in [-0.05, 0) is 12.1 Å². The van der Waals surface area contributed by atoms with Gasteiger partial charge in [-0.25, -0.2) is 18.4 Å². The lowest BCUT2D eigenvalue weighted by atomic mass is 10.0. The summed E-state index contributed by atoms with van der Waals surface area (Å²) in [5.41, 5.74) is 4.92. The third-order valence-electron chi connectivity index (χ3n) is 4.98. The Bertz CT molecular complexity index is 1320. The minimum absolute atomic E-state index is 0.0644. The summed E-state index contributed by atoms with van der Waals surface area (Å²) < 4.78 is 66.9. The summed E-state index contributed by atoms with van der Waals surface area (Å²) in [7, 11) is 1.55. The summed E-state index contributed by atoms with van der Waals surface area (Å²) in [4.78, 5) is 15.9. The molecule has 0 unspecified atom stereocenters. The number of H-pyrrole nitrogens is 1. The molecule has 180 valence electrons. The van der Waals surface area contributed by atoms with E-state index in [1.54, 1.807) is 19.2 Å². The van der Waals surface area contributed by atoms with Gasteiger partial charge in [-0.15, -0.1) is 5.10 Å². The zero-order chi connectivity index (χ0) is 24.4. The molecule has 10 nitrogen and oxygen atoms in total. The average molecular weight is 481 g/mol. The zero-order valence-electron chi connectivity index (χ0n) is 17.7. The molecule has 0 aromatic carbocycles. The largest absolute Gasteiger partial charge is 0.477 e. The number of fused-ring (bicyclic) bond motifs is 2. The maximum Gasteiger partial charge on any atom is 0.388 e. The summed E-state index contributed by atoms with van der Waals surface area (Å²) in [5, 5.41) is 8.53. The predicted octanol–water partition coefficient (Wildman–Crippen LogP) is 3.25. The number of aryl methyl sites for hydroxylation is 2. The molecule has 1 aliphatic heterocycles. The Kier molecular flexibility index (Phi) is 6.38. The number of halogens is 4. The molecule has 0 fully saturated rings. The van der Waals surface area contributed by atoms with E-state index in [-0.39, 0.29) is 35.0 Å². The SMILES string of the molecule is Cn1cc(-c2c(-c3c(C(F)F)nn4c3OCCC4)[nH]c3ncccc23)c(OC(F)F)n1.NC=O. The van der Waals surface area contributed by atoms with E-state index in [4.69, 9.17) is 9.53 Å². The Hall–Kier alpha value is -4.10. The summed E-state index contributed by atoms with van der Waals surface area (Å²) in [6.07, 6.45) is 1.02. The molecule has 0 atom stereocenters. The van der Waals surface area contributed by atoms with Crippen LogP contribution in [-0.4, -0.2) is 49.2 Å². The van der Waals surface area contributed by atoms with Gasteiger partial charge in [0.25, 0.3) is 6.43 Å². The number of alkyl halides is 4. The van der Waals surface area contributed by atoms with E-state index in [1.807, 2.05) is 0 Å². The smallest absolute Gasteiger partial charge is 0.388 e. The Labute approximate surface area is 189 Å². The van der Waals surface area contributed by atoms with Crippen LogP contribution in [0.5, 0.6) is 11.8 Å². The van der Waals surface area contributed by atoms with Gasteiger partial charge < -0.3 is 20.2 Å². The fourth-order valence-corrected chi connectivity index (χ4v) is 3.83. The number of pyridine rings is 1. The van der Waals surface area contributed by atoms with Crippen molar-refractivity contribution in [3.8, 4) is 34.1 Å². The molecular formula is C20H19F4N7O3. The molecule has 14 heteroatoms. The van der Waals surface area contributed by atoms with Crippen molar-refractivity contribution in [2.24, 2.45) is 12.8 Å². The number of carbonyl (C=O) groups excluding carboxylic acids is 1. The van der Waals surface area contributed by atoms with Crippen LogP contribution in [0.1, 0.15) is 18.5 Å². The van der Waals surface area contributed by atoms with Gasteiger partial charge in [0.05, 0.1) is 23.4 Å². The maximum atomic E-state index is 13.9. The molecule has 0 saturated carbocycles. The third-order valence-corrected chi connectivity index (χ3v) is 4.98. The number of amides is 1.